The van der Waals surface area contributed by atoms with Gasteiger partial charge < -0.3 is 14.2 Å². The number of carbonyl (C=O) groups excluding carboxylic acids is 1. The molecule has 1 saturated heterocycles. The second kappa shape index (κ2) is 7.77. The lowest BCUT2D eigenvalue weighted by atomic mass is 10.0. The van der Waals surface area contributed by atoms with Crippen molar-refractivity contribution < 1.29 is 9.53 Å². The van der Waals surface area contributed by atoms with E-state index in [0.29, 0.717) is 24.6 Å². The fourth-order valence-corrected chi connectivity index (χ4v) is 2.90. The van der Waals surface area contributed by atoms with Gasteiger partial charge in [0, 0.05) is 32.4 Å². The Kier molecular flexibility index (Phi) is 5.99. The van der Waals surface area contributed by atoms with Crippen molar-refractivity contribution in [2.45, 2.75) is 52.2 Å². The Morgan fingerprint density at radius 2 is 2.09 bits per heavy atom. The van der Waals surface area contributed by atoms with Gasteiger partial charge in [0.05, 0.1) is 17.8 Å². The third-order valence-electron chi connectivity index (χ3n) is 4.43. The Morgan fingerprint density at radius 3 is 2.70 bits per heavy atom. The molecule has 0 bridgehead atoms. The zero-order valence-electron chi connectivity index (χ0n) is 14.6. The Morgan fingerprint density at radius 1 is 1.35 bits per heavy atom. The third kappa shape index (κ3) is 4.44. The Labute approximate surface area is 138 Å². The van der Waals surface area contributed by atoms with E-state index < -0.39 is 0 Å². The number of nitrogens with zero attached hydrogens (tertiary/aromatic N) is 2. The van der Waals surface area contributed by atoms with E-state index in [2.05, 4.69) is 20.8 Å². The van der Waals surface area contributed by atoms with E-state index in [-0.39, 0.29) is 23.7 Å². The van der Waals surface area contributed by atoms with Crippen molar-refractivity contribution in [3.05, 3.63) is 34.2 Å². The van der Waals surface area contributed by atoms with Crippen LogP contribution in [0.5, 0.6) is 0 Å². The summed E-state index contributed by atoms with van der Waals surface area (Å²) in [5, 5.41) is 0. The standard InChI is InChI=1S/C18H28N2O3/c1-5-6-7-15-11-20(12-16(23-15)13(2)3)18(22)14-8-9-17(21)19(4)10-14/h8-10,13,15-16H,5-7,11-12H2,1-4H3/t15-,16-/m1/s1. The van der Waals surface area contributed by atoms with Crippen molar-refractivity contribution >= 4 is 5.91 Å². The molecule has 1 aromatic heterocycles. The highest BCUT2D eigenvalue weighted by molar-refractivity contribution is 5.94. The second-order valence-corrected chi connectivity index (χ2v) is 6.76. The minimum absolute atomic E-state index is 0.0175. The molecule has 0 spiro atoms. The Bertz CT molecular complexity index is 594. The van der Waals surface area contributed by atoms with Crippen molar-refractivity contribution in [3.8, 4) is 0 Å². The van der Waals surface area contributed by atoms with Crippen LogP contribution in [0.25, 0.3) is 0 Å². The zero-order valence-corrected chi connectivity index (χ0v) is 14.6. The number of hydrogen-bond donors (Lipinski definition) is 0. The SMILES string of the molecule is CCCC[C@@H]1CN(C(=O)c2ccc(=O)n(C)c2)C[C@H](C(C)C)O1. The lowest BCUT2D eigenvalue weighted by molar-refractivity contribution is -0.0962. The Balaban J connectivity index is 2.16. The molecule has 0 saturated carbocycles. The number of carbonyl (C=O) groups is 1. The summed E-state index contributed by atoms with van der Waals surface area (Å²) in [6, 6.07) is 3.06. The molecule has 5 nitrogen and oxygen atoms in total. The average Bonchev–Trinajstić information content (AvgIpc) is 2.54. The monoisotopic (exact) mass is 320 g/mol. The van der Waals surface area contributed by atoms with Crippen molar-refractivity contribution in [1.29, 1.82) is 0 Å². The number of rotatable bonds is 5. The molecule has 5 heteroatoms. The van der Waals surface area contributed by atoms with E-state index in [1.807, 2.05) is 4.90 Å². The summed E-state index contributed by atoms with van der Waals surface area (Å²) in [5.74, 6) is 0.353. The normalized spacial score (nSPS) is 21.7. The fraction of sp³-hybridized carbons (Fsp3) is 0.667. The first-order valence-electron chi connectivity index (χ1n) is 8.53. The van der Waals surface area contributed by atoms with Crippen LogP contribution in [0.2, 0.25) is 0 Å². The highest BCUT2D eigenvalue weighted by atomic mass is 16.5. The summed E-state index contributed by atoms with van der Waals surface area (Å²) < 4.78 is 7.61. The molecular weight excluding hydrogens is 292 g/mol. The van der Waals surface area contributed by atoms with Crippen LogP contribution in [0.1, 0.15) is 50.4 Å². The topological polar surface area (TPSA) is 51.5 Å². The van der Waals surface area contributed by atoms with Gasteiger partial charge in [-0.3, -0.25) is 9.59 Å². The molecule has 0 aliphatic carbocycles. The van der Waals surface area contributed by atoms with Crippen molar-refractivity contribution in [3.63, 3.8) is 0 Å². The number of morpholine rings is 1. The van der Waals surface area contributed by atoms with Gasteiger partial charge in [-0.05, 0) is 18.4 Å². The quantitative estimate of drug-likeness (QED) is 0.837. The summed E-state index contributed by atoms with van der Waals surface area (Å²) in [6.45, 7) is 7.66. The number of ether oxygens (including phenoxy) is 1. The van der Waals surface area contributed by atoms with Gasteiger partial charge in [0.15, 0.2) is 0 Å². The number of hydrogen-bond acceptors (Lipinski definition) is 3. The van der Waals surface area contributed by atoms with Gasteiger partial charge in [-0.2, -0.15) is 0 Å². The van der Waals surface area contributed by atoms with Crippen molar-refractivity contribution in [2.75, 3.05) is 13.1 Å². The van der Waals surface area contributed by atoms with Gasteiger partial charge in [-0.25, -0.2) is 0 Å². The molecule has 0 aromatic carbocycles. The Hall–Kier alpha value is -1.62. The maximum Gasteiger partial charge on any atom is 0.255 e. The smallest absolute Gasteiger partial charge is 0.255 e. The molecule has 0 radical (unpaired) electrons. The molecule has 1 aromatic rings. The second-order valence-electron chi connectivity index (χ2n) is 6.76. The molecule has 1 amide bonds. The van der Waals surface area contributed by atoms with Gasteiger partial charge in [0.25, 0.3) is 5.91 Å². The molecule has 0 unspecified atom stereocenters. The van der Waals surface area contributed by atoms with E-state index in [4.69, 9.17) is 4.74 Å². The molecule has 1 aliphatic heterocycles. The lowest BCUT2D eigenvalue weighted by Crippen LogP contribution is -2.51. The maximum absolute atomic E-state index is 12.8. The summed E-state index contributed by atoms with van der Waals surface area (Å²) in [5.41, 5.74) is 0.454. The molecule has 0 N–H and O–H groups in total. The molecule has 128 valence electrons. The number of pyridine rings is 1. The predicted molar refractivity (Wildman–Crippen MR) is 90.6 cm³/mol. The van der Waals surface area contributed by atoms with Crippen LogP contribution in [0.4, 0.5) is 0 Å². The summed E-state index contributed by atoms with van der Waals surface area (Å²) in [7, 11) is 1.67. The highest BCUT2D eigenvalue weighted by Gasteiger charge is 2.32. The van der Waals surface area contributed by atoms with Crippen molar-refractivity contribution in [1.82, 2.24) is 9.47 Å². The van der Waals surface area contributed by atoms with Crippen LogP contribution in [0.15, 0.2) is 23.1 Å². The third-order valence-corrected chi connectivity index (χ3v) is 4.43. The lowest BCUT2D eigenvalue weighted by Gasteiger charge is -2.40. The number of aromatic nitrogens is 1. The summed E-state index contributed by atoms with van der Waals surface area (Å²) in [6.07, 6.45) is 5.01. The number of unbranched alkanes of at least 4 members (excludes halogenated alkanes) is 1. The zero-order chi connectivity index (χ0) is 17.0. The molecule has 23 heavy (non-hydrogen) atoms. The van der Waals surface area contributed by atoms with Crippen LogP contribution in [0.3, 0.4) is 0 Å². The first kappa shape index (κ1) is 17.7. The van der Waals surface area contributed by atoms with Gasteiger partial charge in [-0.15, -0.1) is 0 Å². The summed E-state index contributed by atoms with van der Waals surface area (Å²) in [4.78, 5) is 26.2. The first-order chi connectivity index (χ1) is 10.9. The van der Waals surface area contributed by atoms with E-state index in [1.165, 1.54) is 10.6 Å². The molecule has 1 aliphatic rings. The van der Waals surface area contributed by atoms with Gasteiger partial charge in [0.2, 0.25) is 5.56 Å². The van der Waals surface area contributed by atoms with Gasteiger partial charge >= 0.3 is 0 Å². The average molecular weight is 320 g/mol. The molecular formula is C18H28N2O3. The van der Waals surface area contributed by atoms with E-state index in [9.17, 15) is 9.59 Å². The minimum Gasteiger partial charge on any atom is -0.371 e. The number of amides is 1. The van der Waals surface area contributed by atoms with Crippen LogP contribution in [-0.4, -0.2) is 40.7 Å². The van der Waals surface area contributed by atoms with E-state index in [1.54, 1.807) is 19.3 Å². The number of aryl methyl sites for hydroxylation is 1. The van der Waals surface area contributed by atoms with E-state index >= 15 is 0 Å². The van der Waals surface area contributed by atoms with Crippen molar-refractivity contribution in [2.24, 2.45) is 13.0 Å². The fourth-order valence-electron chi connectivity index (χ4n) is 2.90. The molecule has 1 fully saturated rings. The molecule has 2 heterocycles. The predicted octanol–water partition coefficient (Wildman–Crippen LogP) is 2.44. The minimum atomic E-state index is -0.107. The van der Waals surface area contributed by atoms with Crippen LogP contribution < -0.4 is 5.56 Å². The summed E-state index contributed by atoms with van der Waals surface area (Å²) >= 11 is 0. The molecule has 2 rings (SSSR count). The first-order valence-corrected chi connectivity index (χ1v) is 8.53. The van der Waals surface area contributed by atoms with Gasteiger partial charge in [-0.1, -0.05) is 33.6 Å². The van der Waals surface area contributed by atoms with Crippen LogP contribution >= 0.6 is 0 Å². The maximum atomic E-state index is 12.8. The molecule has 2 atom stereocenters. The largest absolute Gasteiger partial charge is 0.371 e. The highest BCUT2D eigenvalue weighted by Crippen LogP contribution is 2.22. The van der Waals surface area contributed by atoms with Crippen LogP contribution in [-0.2, 0) is 11.8 Å². The van der Waals surface area contributed by atoms with Crippen LogP contribution in [0, 0.1) is 5.92 Å². The van der Waals surface area contributed by atoms with Gasteiger partial charge in [0.1, 0.15) is 0 Å². The van der Waals surface area contributed by atoms with E-state index in [0.717, 1.165) is 19.3 Å².